The number of carboxylic acids is 1. The molecule has 11 nitrogen and oxygen atoms in total. The largest absolute Gasteiger partial charge is 0.492 e. The topological polar surface area (TPSA) is 164 Å². The highest BCUT2D eigenvalue weighted by Crippen LogP contribution is 2.27. The van der Waals surface area contributed by atoms with Crippen LogP contribution in [-0.2, 0) is 27.2 Å². The Labute approximate surface area is 307 Å². The van der Waals surface area contributed by atoms with Gasteiger partial charge in [0.05, 0.1) is 33.6 Å². The van der Waals surface area contributed by atoms with E-state index in [9.17, 15) is 31.3 Å². The van der Waals surface area contributed by atoms with E-state index in [1.165, 1.54) is 94.5 Å². The average molecular weight is 754 g/mol. The third-order valence-corrected chi connectivity index (χ3v) is 11.2. The van der Waals surface area contributed by atoms with Crippen LogP contribution in [-0.4, -0.2) is 43.6 Å². The third-order valence-electron chi connectivity index (χ3n) is 9.13. The van der Waals surface area contributed by atoms with Crippen molar-refractivity contribution < 1.29 is 36.0 Å². The highest BCUT2D eigenvalue weighted by atomic mass is 32.2. The molecule has 1 heterocycles. The quantitative estimate of drug-likeness (QED) is 0.0409. The van der Waals surface area contributed by atoms with Crippen LogP contribution < -0.4 is 14.9 Å². The van der Waals surface area contributed by atoms with Crippen LogP contribution in [0.3, 0.4) is 0 Å². The maximum atomic E-state index is 13.7. The fraction of sp³-hybridized carbons (Fsp3) is 0.436. The van der Waals surface area contributed by atoms with Crippen LogP contribution in [0.5, 0.6) is 5.75 Å². The molecule has 1 aromatic heterocycles. The van der Waals surface area contributed by atoms with E-state index in [1.54, 1.807) is 17.7 Å². The number of benzene rings is 3. The Balaban J connectivity index is 1.47. The number of carbonyl (C=O) groups is 1. The van der Waals surface area contributed by atoms with Crippen molar-refractivity contribution in [2.45, 2.75) is 107 Å². The van der Waals surface area contributed by atoms with Gasteiger partial charge in [-0.3, -0.25) is 4.55 Å². The van der Waals surface area contributed by atoms with E-state index in [0.29, 0.717) is 17.6 Å². The van der Waals surface area contributed by atoms with Crippen molar-refractivity contribution in [3.63, 3.8) is 0 Å². The SMILES string of the molecule is CCCCCCCCCCCCCCCCOc1ccc(C(=O)O)cc1S(=O)(=O)N/N=c1/cc(-c2ccccc2)n(C)c2ccc(S(=O)(=O)O)cc12. The van der Waals surface area contributed by atoms with Gasteiger partial charge in [0.2, 0.25) is 0 Å². The molecule has 4 rings (SSSR count). The molecule has 0 unspecified atom stereocenters. The van der Waals surface area contributed by atoms with E-state index in [0.717, 1.165) is 30.9 Å². The summed E-state index contributed by atoms with van der Waals surface area (Å²) in [4.78, 5) is 13.2. The van der Waals surface area contributed by atoms with Crippen LogP contribution in [0.15, 0.2) is 87.7 Å². The first-order valence-corrected chi connectivity index (χ1v) is 21.1. The molecule has 0 saturated heterocycles. The highest BCUT2D eigenvalue weighted by molar-refractivity contribution is 7.89. The summed E-state index contributed by atoms with van der Waals surface area (Å²) in [6.45, 7) is 2.49. The first-order valence-electron chi connectivity index (χ1n) is 18.1. The van der Waals surface area contributed by atoms with E-state index in [2.05, 4.69) is 16.9 Å². The minimum absolute atomic E-state index is 0.00894. The molecule has 0 aliphatic carbocycles. The normalized spacial score (nSPS) is 12.3. The Morgan fingerprint density at radius 2 is 1.37 bits per heavy atom. The Kier molecular flexibility index (Phi) is 15.3. The number of aromatic nitrogens is 1. The molecule has 0 aliphatic heterocycles. The van der Waals surface area contributed by atoms with Crippen molar-refractivity contribution in [2.75, 3.05) is 6.61 Å². The molecular weight excluding hydrogens is 703 g/mol. The van der Waals surface area contributed by atoms with E-state index in [-0.39, 0.29) is 33.6 Å². The van der Waals surface area contributed by atoms with Crippen molar-refractivity contribution in [1.82, 2.24) is 9.40 Å². The Morgan fingerprint density at radius 3 is 1.94 bits per heavy atom. The summed E-state index contributed by atoms with van der Waals surface area (Å²) in [6.07, 6.45) is 16.8. The van der Waals surface area contributed by atoms with Gasteiger partial charge >= 0.3 is 5.97 Å². The molecule has 3 N–H and O–H groups in total. The number of aryl methyl sites for hydroxylation is 1. The van der Waals surface area contributed by atoms with Crippen molar-refractivity contribution in [3.8, 4) is 17.0 Å². The fourth-order valence-corrected chi connectivity index (χ4v) is 7.69. The number of sulfonamides is 1. The van der Waals surface area contributed by atoms with E-state index < -0.39 is 31.0 Å². The van der Waals surface area contributed by atoms with E-state index in [4.69, 9.17) is 4.74 Å². The van der Waals surface area contributed by atoms with Gasteiger partial charge in [0.25, 0.3) is 20.1 Å². The standard InChI is InChI=1S/C39H51N3O8S2/c1-3-4-5-6-7-8-9-10-11-12-13-14-15-19-26-50-37-25-22-31(39(43)44)27-38(37)51(45,46)41-40-34-29-36(30-20-17-16-18-21-30)42(2)35-24-23-32(28-33(34)35)52(47,48)49/h16-18,20-25,27-29,41H,3-15,19,26H2,1-2H3,(H,43,44)(H,47,48,49)/b40-34-. The first kappa shape index (κ1) is 40.6. The molecule has 3 aromatic carbocycles. The van der Waals surface area contributed by atoms with Crippen LogP contribution in [0.4, 0.5) is 0 Å². The number of nitrogens with one attached hydrogen (secondary N) is 1. The average Bonchev–Trinajstić information content (AvgIpc) is 3.12. The van der Waals surface area contributed by atoms with Gasteiger partial charge < -0.3 is 14.4 Å². The van der Waals surface area contributed by atoms with Gasteiger partial charge in [0.15, 0.2) is 0 Å². The van der Waals surface area contributed by atoms with Gasteiger partial charge in [0.1, 0.15) is 10.6 Å². The van der Waals surface area contributed by atoms with Crippen LogP contribution in [0, 0.1) is 0 Å². The lowest BCUT2D eigenvalue weighted by Gasteiger charge is -2.15. The lowest BCUT2D eigenvalue weighted by Crippen LogP contribution is -2.24. The number of unbranched alkanes of at least 4 members (excludes halogenated alkanes) is 13. The molecule has 0 radical (unpaired) electrons. The number of hydrogen-bond donors (Lipinski definition) is 3. The molecule has 52 heavy (non-hydrogen) atoms. The third kappa shape index (κ3) is 11.7. The molecule has 0 fully saturated rings. The first-order chi connectivity index (χ1) is 24.9. The van der Waals surface area contributed by atoms with Crippen molar-refractivity contribution in [2.24, 2.45) is 12.1 Å². The molecule has 4 aromatic rings. The minimum Gasteiger partial charge on any atom is -0.492 e. The number of rotatable bonds is 22. The summed E-state index contributed by atoms with van der Waals surface area (Å²) >= 11 is 0. The summed E-state index contributed by atoms with van der Waals surface area (Å²) in [6, 6.07) is 18.4. The Hall–Kier alpha value is -4.20. The zero-order valence-electron chi connectivity index (χ0n) is 30.1. The number of ether oxygens (including phenoxy) is 1. The summed E-state index contributed by atoms with van der Waals surface area (Å²) in [5.41, 5.74) is 1.71. The maximum Gasteiger partial charge on any atom is 0.335 e. The molecule has 282 valence electrons. The minimum atomic E-state index is -4.58. The molecular formula is C39H51N3O8S2. The monoisotopic (exact) mass is 753 g/mol. The smallest absolute Gasteiger partial charge is 0.335 e. The zero-order valence-corrected chi connectivity index (χ0v) is 31.7. The lowest BCUT2D eigenvalue weighted by atomic mass is 10.0. The van der Waals surface area contributed by atoms with Gasteiger partial charge in [-0.2, -0.15) is 26.8 Å². The van der Waals surface area contributed by atoms with Crippen molar-refractivity contribution in [1.29, 1.82) is 0 Å². The number of fused-ring (bicyclic) bond motifs is 1. The molecule has 0 atom stereocenters. The molecule has 0 bridgehead atoms. The van der Waals surface area contributed by atoms with Crippen LogP contribution in [0.25, 0.3) is 22.2 Å². The number of hydrogen-bond acceptors (Lipinski definition) is 7. The van der Waals surface area contributed by atoms with Gasteiger partial charge in [-0.15, -0.1) is 0 Å². The summed E-state index contributed by atoms with van der Waals surface area (Å²) in [5.74, 6) is -1.32. The second-order valence-corrected chi connectivity index (χ2v) is 16.2. The van der Waals surface area contributed by atoms with Crippen molar-refractivity contribution in [3.05, 3.63) is 83.7 Å². The number of carboxylic acid groups (broad SMARTS) is 1. The summed E-state index contributed by atoms with van der Waals surface area (Å²) < 4.78 is 68.8. The lowest BCUT2D eigenvalue weighted by molar-refractivity contribution is 0.0696. The molecule has 13 heteroatoms. The summed E-state index contributed by atoms with van der Waals surface area (Å²) in [7, 11) is -7.30. The molecule has 0 amide bonds. The van der Waals surface area contributed by atoms with Crippen LogP contribution in [0.1, 0.15) is 107 Å². The van der Waals surface area contributed by atoms with Crippen LogP contribution >= 0.6 is 0 Å². The Bertz CT molecular complexity index is 2080. The van der Waals surface area contributed by atoms with E-state index >= 15 is 0 Å². The van der Waals surface area contributed by atoms with E-state index in [1.807, 2.05) is 30.3 Å². The maximum absolute atomic E-state index is 13.7. The van der Waals surface area contributed by atoms with Crippen molar-refractivity contribution >= 4 is 37.0 Å². The second-order valence-electron chi connectivity index (χ2n) is 13.1. The predicted molar refractivity (Wildman–Crippen MR) is 203 cm³/mol. The van der Waals surface area contributed by atoms with Gasteiger partial charge in [0, 0.05) is 12.4 Å². The molecule has 0 saturated carbocycles. The molecule has 0 spiro atoms. The van der Waals surface area contributed by atoms with Gasteiger partial charge in [-0.1, -0.05) is 121 Å². The predicted octanol–water partition coefficient (Wildman–Crippen LogP) is 8.44. The molecule has 0 aliphatic rings. The van der Waals surface area contributed by atoms with Gasteiger partial charge in [-0.25, -0.2) is 4.79 Å². The highest BCUT2D eigenvalue weighted by Gasteiger charge is 2.22. The van der Waals surface area contributed by atoms with Crippen LogP contribution in [0.2, 0.25) is 0 Å². The fourth-order valence-electron chi connectivity index (χ4n) is 6.19. The number of pyridine rings is 1. The summed E-state index contributed by atoms with van der Waals surface area (Å²) in [5, 5.41) is 14.1. The van der Waals surface area contributed by atoms with Gasteiger partial charge in [-0.05, 0) is 54.4 Å². The second kappa shape index (κ2) is 19.6. The number of aromatic carboxylic acids is 1. The zero-order chi connectivity index (χ0) is 37.6. The Morgan fingerprint density at radius 1 is 0.769 bits per heavy atom. The number of nitrogens with zero attached hydrogens (tertiary/aromatic N) is 2.